The van der Waals surface area contributed by atoms with E-state index in [1.165, 1.54) is 36.4 Å². The third kappa shape index (κ3) is 6.26. The Morgan fingerprint density at radius 1 is 1.14 bits per heavy atom. The summed E-state index contributed by atoms with van der Waals surface area (Å²) in [5.41, 5.74) is 5.55. The Morgan fingerprint density at radius 3 is 2.14 bits per heavy atom. The van der Waals surface area contributed by atoms with Crippen LogP contribution in [0.5, 0.6) is 5.75 Å². The standard InChI is InChI=1S/C7H6O3.C6H6N2O2.Na/c8-6-4-2-1-3-5(6)7(9)10;7-5-2-1-3-6(4-5)8(9)10;/h1-4,8H,(H,9,10);1-4H,7H2;/q;;+1/p-1. The molecular weight excluding hydrogens is 287 g/mol. The number of nitrogens with two attached hydrogens (primary N) is 1. The van der Waals surface area contributed by atoms with E-state index < -0.39 is 16.6 Å². The van der Waals surface area contributed by atoms with E-state index in [1.807, 2.05) is 0 Å². The number of benzene rings is 2. The van der Waals surface area contributed by atoms with Crippen LogP contribution in [0, 0.1) is 10.1 Å². The third-order valence-electron chi connectivity index (χ3n) is 2.20. The molecule has 0 spiro atoms. The van der Waals surface area contributed by atoms with Gasteiger partial charge in [0.25, 0.3) is 5.69 Å². The fourth-order valence-electron chi connectivity index (χ4n) is 1.28. The van der Waals surface area contributed by atoms with Gasteiger partial charge in [-0.15, -0.1) is 0 Å². The Kier molecular flexibility index (Phi) is 8.07. The molecule has 2 rings (SSSR count). The van der Waals surface area contributed by atoms with Crippen LogP contribution in [0.25, 0.3) is 0 Å². The number of para-hydroxylation sites is 1. The molecule has 0 aliphatic carbocycles. The van der Waals surface area contributed by atoms with Crippen LogP contribution < -0.4 is 40.4 Å². The molecule has 0 fully saturated rings. The van der Waals surface area contributed by atoms with Crippen LogP contribution in [-0.2, 0) is 0 Å². The van der Waals surface area contributed by atoms with Gasteiger partial charge < -0.3 is 15.9 Å². The van der Waals surface area contributed by atoms with Crippen molar-refractivity contribution in [2.45, 2.75) is 0 Å². The van der Waals surface area contributed by atoms with Crippen LogP contribution in [0.1, 0.15) is 10.4 Å². The Morgan fingerprint density at radius 2 is 1.76 bits per heavy atom. The van der Waals surface area contributed by atoms with Gasteiger partial charge in [-0.25, -0.2) is 4.79 Å². The molecule has 0 bridgehead atoms. The summed E-state index contributed by atoms with van der Waals surface area (Å²) in [7, 11) is 0. The van der Waals surface area contributed by atoms with Gasteiger partial charge >= 0.3 is 35.5 Å². The van der Waals surface area contributed by atoms with Crippen LogP contribution in [0.2, 0.25) is 0 Å². The molecule has 0 aliphatic rings. The number of carboxylic acids is 1. The second-order valence-corrected chi connectivity index (χ2v) is 3.65. The van der Waals surface area contributed by atoms with Gasteiger partial charge in [0.1, 0.15) is 0 Å². The Hall–Kier alpha value is -2.09. The third-order valence-corrected chi connectivity index (χ3v) is 2.20. The molecule has 21 heavy (non-hydrogen) atoms. The number of carboxylic acid groups (broad SMARTS) is 1. The van der Waals surface area contributed by atoms with Crippen LogP contribution in [0.4, 0.5) is 11.4 Å². The van der Waals surface area contributed by atoms with Crippen LogP contribution in [0.3, 0.4) is 0 Å². The average molecular weight is 298 g/mol. The zero-order valence-corrected chi connectivity index (χ0v) is 13.2. The number of carbonyl (C=O) groups is 1. The van der Waals surface area contributed by atoms with Crippen molar-refractivity contribution in [1.29, 1.82) is 0 Å². The maximum absolute atomic E-state index is 10.7. The molecule has 2 aromatic rings. The van der Waals surface area contributed by atoms with E-state index >= 15 is 0 Å². The van der Waals surface area contributed by atoms with E-state index in [2.05, 4.69) is 0 Å². The first kappa shape index (κ1) is 18.9. The summed E-state index contributed by atoms with van der Waals surface area (Å²) >= 11 is 0. The number of nitro benzene ring substituents is 1. The van der Waals surface area contributed by atoms with Gasteiger partial charge in [0.15, 0.2) is 0 Å². The van der Waals surface area contributed by atoms with Gasteiger partial charge in [0.05, 0.1) is 10.5 Å². The Balaban J connectivity index is 0.000000364. The van der Waals surface area contributed by atoms with Gasteiger partial charge in [-0.1, -0.05) is 30.0 Å². The average Bonchev–Trinajstić information content (AvgIpc) is 2.39. The smallest absolute Gasteiger partial charge is 0.872 e. The van der Waals surface area contributed by atoms with E-state index in [4.69, 9.17) is 10.8 Å². The predicted molar refractivity (Wildman–Crippen MR) is 70.4 cm³/mol. The number of non-ortho nitro benzene ring substituents is 1. The molecule has 0 saturated carbocycles. The van der Waals surface area contributed by atoms with Crippen molar-refractivity contribution in [2.75, 3.05) is 5.73 Å². The Labute approximate surface area is 142 Å². The van der Waals surface area contributed by atoms with Gasteiger partial charge in [-0.05, 0) is 12.1 Å². The van der Waals surface area contributed by atoms with Crippen molar-refractivity contribution in [1.82, 2.24) is 0 Å². The predicted octanol–water partition coefficient (Wildman–Crippen LogP) is -1.36. The van der Waals surface area contributed by atoms with Crippen molar-refractivity contribution in [3.05, 3.63) is 64.2 Å². The van der Waals surface area contributed by atoms with Crippen molar-refractivity contribution in [3.8, 4) is 5.75 Å². The first-order chi connectivity index (χ1) is 9.41. The Bertz CT molecular complexity index is 633. The summed E-state index contributed by atoms with van der Waals surface area (Å²) in [6.07, 6.45) is 0. The number of nitrogens with zero attached hydrogens (tertiary/aromatic N) is 1. The van der Waals surface area contributed by atoms with E-state index in [-0.39, 0.29) is 40.8 Å². The van der Waals surface area contributed by atoms with E-state index in [1.54, 1.807) is 12.1 Å². The second kappa shape index (κ2) is 8.96. The molecule has 0 aromatic heterocycles. The molecule has 0 atom stereocenters. The van der Waals surface area contributed by atoms with Crippen molar-refractivity contribution >= 4 is 17.3 Å². The summed E-state index contributed by atoms with van der Waals surface area (Å²) in [5, 5.41) is 29.1. The quantitative estimate of drug-likeness (QED) is 0.305. The number of nitrogen functional groups attached to an aromatic ring is 1. The summed E-state index contributed by atoms with van der Waals surface area (Å²) in [6, 6.07) is 11.4. The molecule has 3 N–H and O–H groups in total. The minimum atomic E-state index is -1.18. The minimum absolute atomic E-state index is 0. The molecule has 0 saturated heterocycles. The van der Waals surface area contributed by atoms with E-state index in [0.717, 1.165) is 0 Å². The second-order valence-electron chi connectivity index (χ2n) is 3.65. The van der Waals surface area contributed by atoms with Crippen molar-refractivity contribution in [3.63, 3.8) is 0 Å². The number of nitro groups is 1. The number of anilines is 1. The number of rotatable bonds is 2. The molecular formula is C13H11N2NaO5. The molecule has 0 heterocycles. The monoisotopic (exact) mass is 298 g/mol. The fraction of sp³-hybridized carbons (Fsp3) is 0. The summed E-state index contributed by atoms with van der Waals surface area (Å²) in [5.74, 6) is -1.62. The molecule has 0 amide bonds. The molecule has 104 valence electrons. The SMILES string of the molecule is Nc1cccc([N+](=O)[O-])c1.O=C(O)c1ccccc1[O-].[Na+]. The first-order valence-electron chi connectivity index (χ1n) is 5.41. The van der Waals surface area contributed by atoms with Crippen LogP contribution in [-0.4, -0.2) is 16.0 Å². The topological polar surface area (TPSA) is 130 Å². The number of hydrogen-bond acceptors (Lipinski definition) is 5. The zero-order chi connectivity index (χ0) is 15.1. The summed E-state index contributed by atoms with van der Waals surface area (Å²) < 4.78 is 0. The van der Waals surface area contributed by atoms with Crippen LogP contribution >= 0.6 is 0 Å². The maximum atomic E-state index is 10.7. The van der Waals surface area contributed by atoms with Gasteiger partial charge in [-0.3, -0.25) is 10.1 Å². The van der Waals surface area contributed by atoms with E-state index in [9.17, 15) is 20.0 Å². The van der Waals surface area contributed by atoms with Crippen LogP contribution in [0.15, 0.2) is 48.5 Å². The van der Waals surface area contributed by atoms with Gasteiger partial charge in [0, 0.05) is 17.8 Å². The number of aromatic carboxylic acids is 1. The van der Waals surface area contributed by atoms with Gasteiger partial charge in [-0.2, -0.15) is 0 Å². The van der Waals surface area contributed by atoms with E-state index in [0.29, 0.717) is 5.69 Å². The summed E-state index contributed by atoms with van der Waals surface area (Å²) in [6.45, 7) is 0. The maximum Gasteiger partial charge on any atom is 1.00 e. The molecule has 7 nitrogen and oxygen atoms in total. The zero-order valence-electron chi connectivity index (χ0n) is 11.2. The largest absolute Gasteiger partial charge is 1.00 e. The number of hydrogen-bond donors (Lipinski definition) is 2. The minimum Gasteiger partial charge on any atom is -0.872 e. The molecule has 0 aliphatic heterocycles. The van der Waals surface area contributed by atoms with Crippen molar-refractivity contribution < 1.29 is 49.5 Å². The molecule has 0 radical (unpaired) electrons. The molecule has 2 aromatic carbocycles. The normalized spacial score (nSPS) is 8.76. The first-order valence-corrected chi connectivity index (χ1v) is 5.41. The molecule has 0 unspecified atom stereocenters. The van der Waals surface area contributed by atoms with Crippen molar-refractivity contribution in [2.24, 2.45) is 0 Å². The van der Waals surface area contributed by atoms with Gasteiger partial charge in [0.2, 0.25) is 0 Å². The molecule has 8 heteroatoms. The fourth-order valence-corrected chi connectivity index (χ4v) is 1.28. The summed E-state index contributed by atoms with van der Waals surface area (Å²) in [4.78, 5) is 19.8.